The van der Waals surface area contributed by atoms with E-state index in [1.54, 1.807) is 4.68 Å². The molecule has 2 N–H and O–H groups in total. The van der Waals surface area contributed by atoms with Crippen molar-refractivity contribution in [1.82, 2.24) is 9.78 Å². The van der Waals surface area contributed by atoms with E-state index in [-0.39, 0.29) is 0 Å². The Labute approximate surface area is 94.0 Å². The first-order chi connectivity index (χ1) is 6.66. The number of hydrogen-bond donors (Lipinski definition) is 1. The molecule has 5 heteroatoms. The Morgan fingerprint density at radius 3 is 2.79 bits per heavy atom. The van der Waals surface area contributed by atoms with E-state index >= 15 is 0 Å². The molecule has 0 amide bonds. The smallest absolute Gasteiger partial charge is 0.140 e. The van der Waals surface area contributed by atoms with Gasteiger partial charge in [-0.05, 0) is 24.9 Å². The summed E-state index contributed by atoms with van der Waals surface area (Å²) in [5.41, 5.74) is 6.59. The normalized spacial score (nSPS) is 10.8. The van der Waals surface area contributed by atoms with Crippen LogP contribution in [0.15, 0.2) is 0 Å². The van der Waals surface area contributed by atoms with Gasteiger partial charge in [-0.1, -0.05) is 18.5 Å². The van der Waals surface area contributed by atoms with E-state index in [0.717, 1.165) is 30.2 Å². The van der Waals surface area contributed by atoms with Gasteiger partial charge in [-0.25, -0.2) is 4.68 Å². The molecule has 1 heterocycles. The van der Waals surface area contributed by atoms with Crippen LogP contribution in [0.2, 0.25) is 5.02 Å². The fourth-order valence-electron chi connectivity index (χ4n) is 1.21. The van der Waals surface area contributed by atoms with Gasteiger partial charge in [0.25, 0.3) is 0 Å². The van der Waals surface area contributed by atoms with E-state index in [2.05, 4.69) is 12.0 Å². The van der Waals surface area contributed by atoms with E-state index < -0.39 is 0 Å². The van der Waals surface area contributed by atoms with Gasteiger partial charge < -0.3 is 5.73 Å². The third kappa shape index (κ3) is 2.82. The lowest BCUT2D eigenvalue weighted by molar-refractivity contribution is 0.610. The number of nitrogen functional groups attached to an aromatic ring is 1. The topological polar surface area (TPSA) is 43.8 Å². The molecule has 14 heavy (non-hydrogen) atoms. The highest BCUT2D eigenvalue weighted by Crippen LogP contribution is 2.22. The van der Waals surface area contributed by atoms with E-state index in [0.29, 0.717) is 10.8 Å². The highest BCUT2D eigenvalue weighted by molar-refractivity contribution is 7.99. The first-order valence-electron chi connectivity index (χ1n) is 4.73. The first kappa shape index (κ1) is 11.7. The zero-order valence-electron chi connectivity index (χ0n) is 8.59. The van der Waals surface area contributed by atoms with Crippen molar-refractivity contribution in [3.8, 4) is 0 Å². The Hall–Kier alpha value is -0.350. The summed E-state index contributed by atoms with van der Waals surface area (Å²) >= 11 is 7.85. The lowest BCUT2D eigenvalue weighted by Crippen LogP contribution is -2.05. The minimum atomic E-state index is 0.589. The van der Waals surface area contributed by atoms with Crippen LogP contribution in [-0.2, 0) is 6.54 Å². The molecular formula is C9H16ClN3S. The average Bonchev–Trinajstić information content (AvgIpc) is 2.41. The summed E-state index contributed by atoms with van der Waals surface area (Å²) in [4.78, 5) is 0. The molecule has 0 saturated heterocycles. The SMILES string of the molecule is CCSCCCn1nc(C)c(Cl)c1N. The van der Waals surface area contributed by atoms with E-state index in [1.807, 2.05) is 18.7 Å². The van der Waals surface area contributed by atoms with Crippen LogP contribution in [0.5, 0.6) is 0 Å². The molecular weight excluding hydrogens is 218 g/mol. The molecule has 1 rings (SSSR count). The fraction of sp³-hybridized carbons (Fsp3) is 0.667. The average molecular weight is 234 g/mol. The van der Waals surface area contributed by atoms with Crippen molar-refractivity contribution in [3.63, 3.8) is 0 Å². The monoisotopic (exact) mass is 233 g/mol. The third-order valence-electron chi connectivity index (χ3n) is 1.95. The van der Waals surface area contributed by atoms with Crippen molar-refractivity contribution in [2.75, 3.05) is 17.2 Å². The molecule has 0 saturated carbocycles. The Morgan fingerprint density at radius 1 is 1.57 bits per heavy atom. The van der Waals surface area contributed by atoms with Gasteiger partial charge in [-0.15, -0.1) is 0 Å². The summed E-state index contributed by atoms with van der Waals surface area (Å²) in [6.45, 7) is 4.89. The van der Waals surface area contributed by atoms with Crippen LogP contribution in [0.4, 0.5) is 5.82 Å². The first-order valence-corrected chi connectivity index (χ1v) is 6.26. The molecule has 0 aliphatic rings. The minimum absolute atomic E-state index is 0.589. The van der Waals surface area contributed by atoms with Crippen molar-refractivity contribution in [2.24, 2.45) is 0 Å². The number of aromatic nitrogens is 2. The van der Waals surface area contributed by atoms with Crippen LogP contribution in [0, 0.1) is 6.92 Å². The predicted molar refractivity (Wildman–Crippen MR) is 64.0 cm³/mol. The summed E-state index contributed by atoms with van der Waals surface area (Å²) < 4.78 is 1.79. The zero-order valence-corrected chi connectivity index (χ0v) is 10.2. The lowest BCUT2D eigenvalue weighted by atomic mass is 10.4. The number of halogens is 1. The molecule has 0 aromatic carbocycles. The van der Waals surface area contributed by atoms with Gasteiger partial charge in [-0.3, -0.25) is 0 Å². The number of nitrogens with zero attached hydrogens (tertiary/aromatic N) is 2. The van der Waals surface area contributed by atoms with E-state index in [1.165, 1.54) is 0 Å². The molecule has 0 atom stereocenters. The highest BCUT2D eigenvalue weighted by Gasteiger charge is 2.08. The summed E-state index contributed by atoms with van der Waals surface area (Å²) in [7, 11) is 0. The quantitative estimate of drug-likeness (QED) is 0.795. The fourth-order valence-corrected chi connectivity index (χ4v) is 1.97. The third-order valence-corrected chi connectivity index (χ3v) is 3.41. The van der Waals surface area contributed by atoms with Gasteiger partial charge >= 0.3 is 0 Å². The van der Waals surface area contributed by atoms with Crippen LogP contribution >= 0.6 is 23.4 Å². The van der Waals surface area contributed by atoms with Gasteiger partial charge in [0.2, 0.25) is 0 Å². The van der Waals surface area contributed by atoms with Crippen LogP contribution < -0.4 is 5.73 Å². The predicted octanol–water partition coefficient (Wildman–Crippen LogP) is 2.57. The molecule has 3 nitrogen and oxygen atoms in total. The van der Waals surface area contributed by atoms with Gasteiger partial charge in [0.05, 0.1) is 5.69 Å². The highest BCUT2D eigenvalue weighted by atomic mass is 35.5. The Kier molecular flexibility index (Phi) is 4.62. The number of rotatable bonds is 5. The number of aryl methyl sites for hydroxylation is 2. The lowest BCUT2D eigenvalue weighted by Gasteiger charge is -2.02. The molecule has 1 aromatic rings. The van der Waals surface area contributed by atoms with Gasteiger partial charge in [0.1, 0.15) is 10.8 Å². The van der Waals surface area contributed by atoms with Gasteiger partial charge in [0, 0.05) is 6.54 Å². The summed E-state index contributed by atoms with van der Waals surface area (Å²) in [6.07, 6.45) is 1.08. The van der Waals surface area contributed by atoms with Gasteiger partial charge in [-0.2, -0.15) is 16.9 Å². The molecule has 0 bridgehead atoms. The molecule has 0 aliphatic heterocycles. The molecule has 0 unspecified atom stereocenters. The summed E-state index contributed by atoms with van der Waals surface area (Å²) in [5, 5.41) is 4.85. The maximum Gasteiger partial charge on any atom is 0.140 e. The van der Waals surface area contributed by atoms with Crippen LogP contribution in [0.25, 0.3) is 0 Å². The number of anilines is 1. The molecule has 0 fully saturated rings. The molecule has 0 radical (unpaired) electrons. The van der Waals surface area contributed by atoms with Crippen molar-refractivity contribution >= 4 is 29.2 Å². The second-order valence-corrected chi connectivity index (χ2v) is 4.83. The minimum Gasteiger partial charge on any atom is -0.383 e. The van der Waals surface area contributed by atoms with Crippen molar-refractivity contribution < 1.29 is 0 Å². The largest absolute Gasteiger partial charge is 0.383 e. The number of nitrogens with two attached hydrogens (primary N) is 1. The number of hydrogen-bond acceptors (Lipinski definition) is 3. The second kappa shape index (κ2) is 5.51. The maximum atomic E-state index is 5.92. The summed E-state index contributed by atoms with van der Waals surface area (Å²) in [5.74, 6) is 2.89. The maximum absolute atomic E-state index is 5.92. The van der Waals surface area contributed by atoms with E-state index in [9.17, 15) is 0 Å². The standard InChI is InChI=1S/C9H16ClN3S/c1-3-14-6-4-5-13-9(11)8(10)7(2)12-13/h3-6,11H2,1-2H3. The van der Waals surface area contributed by atoms with Crippen molar-refractivity contribution in [2.45, 2.75) is 26.8 Å². The Bertz CT molecular complexity index is 298. The second-order valence-electron chi connectivity index (χ2n) is 3.06. The van der Waals surface area contributed by atoms with Crippen molar-refractivity contribution in [1.29, 1.82) is 0 Å². The van der Waals surface area contributed by atoms with Crippen LogP contribution in [0.3, 0.4) is 0 Å². The molecule has 0 aliphatic carbocycles. The van der Waals surface area contributed by atoms with E-state index in [4.69, 9.17) is 17.3 Å². The Morgan fingerprint density at radius 2 is 2.29 bits per heavy atom. The Balaban J connectivity index is 2.47. The van der Waals surface area contributed by atoms with Crippen molar-refractivity contribution in [3.05, 3.63) is 10.7 Å². The van der Waals surface area contributed by atoms with Crippen LogP contribution in [-0.4, -0.2) is 21.3 Å². The number of thioether (sulfide) groups is 1. The van der Waals surface area contributed by atoms with Gasteiger partial charge in [0.15, 0.2) is 0 Å². The summed E-state index contributed by atoms with van der Waals surface area (Å²) in [6, 6.07) is 0. The molecule has 0 spiro atoms. The zero-order chi connectivity index (χ0) is 10.6. The van der Waals surface area contributed by atoms with Crippen LogP contribution in [0.1, 0.15) is 19.0 Å². The molecule has 1 aromatic heterocycles. The molecule has 80 valence electrons.